The molecule has 1 fully saturated rings. The second-order valence-electron chi connectivity index (χ2n) is 5.15. The van der Waals surface area contributed by atoms with Gasteiger partial charge in [-0.2, -0.15) is 0 Å². The van der Waals surface area contributed by atoms with E-state index in [9.17, 15) is 4.79 Å². The summed E-state index contributed by atoms with van der Waals surface area (Å²) in [5.74, 6) is 0. The smallest absolute Gasteiger partial charge is 0.250 e. The van der Waals surface area contributed by atoms with Crippen molar-refractivity contribution in [2.75, 3.05) is 0 Å². The van der Waals surface area contributed by atoms with Gasteiger partial charge in [0.05, 0.1) is 0 Å². The van der Waals surface area contributed by atoms with E-state index in [1.54, 1.807) is 16.7 Å². The zero-order valence-corrected chi connectivity index (χ0v) is 11.0. The van der Waals surface area contributed by atoms with Crippen LogP contribution in [0.5, 0.6) is 0 Å². The highest BCUT2D eigenvalue weighted by Gasteiger charge is 2.19. The van der Waals surface area contributed by atoms with Gasteiger partial charge in [0.2, 0.25) is 0 Å². The predicted octanol–water partition coefficient (Wildman–Crippen LogP) is 1.60. The molecular weight excluding hydrogens is 238 g/mol. The van der Waals surface area contributed by atoms with E-state index in [1.165, 1.54) is 18.4 Å². The molecule has 0 unspecified atom stereocenters. The van der Waals surface area contributed by atoms with Crippen molar-refractivity contribution in [3.05, 3.63) is 58.8 Å². The Morgan fingerprint density at radius 1 is 1.16 bits per heavy atom. The van der Waals surface area contributed by atoms with Crippen LogP contribution in [0.2, 0.25) is 0 Å². The number of rotatable bonds is 6. The van der Waals surface area contributed by atoms with Crippen LogP contribution in [0.3, 0.4) is 0 Å². The van der Waals surface area contributed by atoms with Gasteiger partial charge in [-0.15, -0.1) is 0 Å². The minimum absolute atomic E-state index is 0.0604. The van der Waals surface area contributed by atoms with Crippen molar-refractivity contribution in [3.63, 3.8) is 0 Å². The van der Waals surface area contributed by atoms with Crippen LogP contribution < -0.4 is 10.9 Å². The van der Waals surface area contributed by atoms with Gasteiger partial charge in [-0.3, -0.25) is 4.79 Å². The minimum atomic E-state index is 0.0604. The lowest BCUT2D eigenvalue weighted by Crippen LogP contribution is -2.20. The maximum atomic E-state index is 11.6. The molecule has 4 heteroatoms. The topological polar surface area (TPSA) is 39.0 Å². The largest absolute Gasteiger partial charge is 0.352 e. The first-order valence-electron chi connectivity index (χ1n) is 6.85. The fourth-order valence-electron chi connectivity index (χ4n) is 2.15. The van der Waals surface area contributed by atoms with Crippen LogP contribution in [0.1, 0.15) is 18.4 Å². The van der Waals surface area contributed by atoms with Crippen LogP contribution in [-0.2, 0) is 19.6 Å². The zero-order valence-electron chi connectivity index (χ0n) is 11.0. The zero-order chi connectivity index (χ0) is 13.1. The van der Waals surface area contributed by atoms with E-state index in [0.29, 0.717) is 6.54 Å². The van der Waals surface area contributed by atoms with Crippen molar-refractivity contribution < 1.29 is 0 Å². The molecule has 1 aliphatic carbocycles. The lowest BCUT2D eigenvalue weighted by Gasteiger charge is -2.06. The van der Waals surface area contributed by atoms with Crippen LogP contribution in [-0.4, -0.2) is 15.2 Å². The maximum Gasteiger partial charge on any atom is 0.250 e. The third-order valence-electron chi connectivity index (χ3n) is 3.48. The summed E-state index contributed by atoms with van der Waals surface area (Å²) in [6.07, 6.45) is 8.71. The van der Waals surface area contributed by atoms with Crippen LogP contribution in [0.15, 0.2) is 47.7 Å². The molecule has 0 aliphatic heterocycles. The normalized spacial score (nSPS) is 14.7. The average Bonchev–Trinajstić information content (AvgIpc) is 3.14. The molecule has 100 valence electrons. The standard InChI is InChI=1S/C15H19N3O/c19-15-3-1-2-7-18(15)10-9-17-8-6-13(12-17)11-16-14-4-5-14/h1-3,6-8,12,14,16H,4-5,9-11H2. The van der Waals surface area contributed by atoms with E-state index >= 15 is 0 Å². The van der Waals surface area contributed by atoms with Crippen LogP contribution >= 0.6 is 0 Å². The van der Waals surface area contributed by atoms with Gasteiger partial charge in [-0.25, -0.2) is 0 Å². The molecule has 0 bridgehead atoms. The molecule has 0 saturated heterocycles. The van der Waals surface area contributed by atoms with E-state index in [2.05, 4.69) is 28.3 Å². The van der Waals surface area contributed by atoms with Gasteiger partial charge in [-0.1, -0.05) is 6.07 Å². The number of hydrogen-bond donors (Lipinski definition) is 1. The first kappa shape index (κ1) is 12.2. The first-order chi connectivity index (χ1) is 9.31. The Morgan fingerprint density at radius 2 is 2.05 bits per heavy atom. The third-order valence-corrected chi connectivity index (χ3v) is 3.48. The number of pyridine rings is 1. The summed E-state index contributed by atoms with van der Waals surface area (Å²) in [6, 6.07) is 8.15. The van der Waals surface area contributed by atoms with Crippen LogP contribution in [0.25, 0.3) is 0 Å². The summed E-state index contributed by atoms with van der Waals surface area (Å²) < 4.78 is 3.88. The molecule has 0 amide bonds. The summed E-state index contributed by atoms with van der Waals surface area (Å²) in [5, 5.41) is 3.50. The van der Waals surface area contributed by atoms with E-state index < -0.39 is 0 Å². The van der Waals surface area contributed by atoms with E-state index in [4.69, 9.17) is 0 Å². The van der Waals surface area contributed by atoms with Gasteiger partial charge in [-0.05, 0) is 30.5 Å². The number of aromatic nitrogens is 2. The second-order valence-corrected chi connectivity index (χ2v) is 5.15. The average molecular weight is 257 g/mol. The number of aryl methyl sites for hydroxylation is 2. The van der Waals surface area contributed by atoms with Crippen molar-refractivity contribution in [1.82, 2.24) is 14.5 Å². The quantitative estimate of drug-likeness (QED) is 0.853. The summed E-state index contributed by atoms with van der Waals surface area (Å²) in [6.45, 7) is 2.49. The Hall–Kier alpha value is -1.81. The fourth-order valence-corrected chi connectivity index (χ4v) is 2.15. The van der Waals surface area contributed by atoms with Crippen LogP contribution in [0, 0.1) is 0 Å². The van der Waals surface area contributed by atoms with E-state index in [-0.39, 0.29) is 5.56 Å². The fraction of sp³-hybridized carbons (Fsp3) is 0.400. The number of hydrogen-bond acceptors (Lipinski definition) is 2. The Morgan fingerprint density at radius 3 is 2.84 bits per heavy atom. The van der Waals surface area contributed by atoms with Gasteiger partial charge < -0.3 is 14.5 Å². The van der Waals surface area contributed by atoms with Gasteiger partial charge >= 0.3 is 0 Å². The molecule has 0 atom stereocenters. The molecule has 1 aliphatic rings. The second kappa shape index (κ2) is 5.45. The Labute approximate surface area is 112 Å². The van der Waals surface area contributed by atoms with Crippen molar-refractivity contribution in [2.24, 2.45) is 0 Å². The number of nitrogens with one attached hydrogen (secondary N) is 1. The van der Waals surface area contributed by atoms with Crippen molar-refractivity contribution >= 4 is 0 Å². The van der Waals surface area contributed by atoms with Crippen molar-refractivity contribution in [3.8, 4) is 0 Å². The molecule has 19 heavy (non-hydrogen) atoms. The summed E-state index contributed by atoms with van der Waals surface area (Å²) in [5.41, 5.74) is 1.37. The molecule has 3 rings (SSSR count). The summed E-state index contributed by atoms with van der Waals surface area (Å²) >= 11 is 0. The predicted molar refractivity (Wildman–Crippen MR) is 75.0 cm³/mol. The van der Waals surface area contributed by atoms with Crippen LogP contribution in [0.4, 0.5) is 0 Å². The third kappa shape index (κ3) is 3.35. The minimum Gasteiger partial charge on any atom is -0.352 e. The lowest BCUT2D eigenvalue weighted by molar-refractivity contribution is 0.565. The van der Waals surface area contributed by atoms with E-state index in [0.717, 1.165) is 19.1 Å². The molecule has 0 aromatic carbocycles. The lowest BCUT2D eigenvalue weighted by atomic mass is 10.3. The highest BCUT2D eigenvalue weighted by molar-refractivity contribution is 5.10. The molecule has 0 spiro atoms. The molecule has 4 nitrogen and oxygen atoms in total. The molecule has 1 N–H and O–H groups in total. The number of nitrogens with zero attached hydrogens (tertiary/aromatic N) is 2. The molecule has 1 saturated carbocycles. The van der Waals surface area contributed by atoms with Gasteiger partial charge in [0, 0.05) is 50.3 Å². The van der Waals surface area contributed by atoms with Crippen molar-refractivity contribution in [2.45, 2.75) is 38.5 Å². The Bertz CT molecular complexity index is 595. The van der Waals surface area contributed by atoms with Gasteiger partial charge in [0.25, 0.3) is 5.56 Å². The Kier molecular flexibility index (Phi) is 3.51. The SMILES string of the molecule is O=c1ccccn1CCn1ccc(CNC2CC2)c1. The molecule has 2 aromatic rings. The highest BCUT2D eigenvalue weighted by Crippen LogP contribution is 2.19. The summed E-state index contributed by atoms with van der Waals surface area (Å²) in [4.78, 5) is 11.6. The molecule has 2 heterocycles. The van der Waals surface area contributed by atoms with Crippen molar-refractivity contribution in [1.29, 1.82) is 0 Å². The molecule has 2 aromatic heterocycles. The van der Waals surface area contributed by atoms with Gasteiger partial charge in [0.15, 0.2) is 0 Å². The molecular formula is C15H19N3O. The maximum absolute atomic E-state index is 11.6. The highest BCUT2D eigenvalue weighted by atomic mass is 16.1. The van der Waals surface area contributed by atoms with E-state index in [1.807, 2.05) is 12.3 Å². The Balaban J connectivity index is 1.54. The summed E-state index contributed by atoms with van der Waals surface area (Å²) in [7, 11) is 0. The monoisotopic (exact) mass is 257 g/mol. The van der Waals surface area contributed by atoms with Gasteiger partial charge in [0.1, 0.15) is 0 Å². The molecule has 0 radical (unpaired) electrons. The first-order valence-corrected chi connectivity index (χ1v) is 6.85.